The number of nitrogens with one attached hydrogen (secondary N) is 1. The number of amides is 1. The highest BCUT2D eigenvalue weighted by atomic mass is 32.1. The number of imidazole rings is 1. The summed E-state index contributed by atoms with van der Waals surface area (Å²) in [6.45, 7) is 4.44. The van der Waals surface area contributed by atoms with Gasteiger partial charge in [0.15, 0.2) is 4.96 Å². The van der Waals surface area contributed by atoms with Crippen LogP contribution in [-0.2, 0) is 11.3 Å². The van der Waals surface area contributed by atoms with Crippen molar-refractivity contribution in [2.24, 2.45) is 5.73 Å². The minimum absolute atomic E-state index is 0.279. The fourth-order valence-electron chi connectivity index (χ4n) is 1.96. The van der Waals surface area contributed by atoms with Crippen LogP contribution in [0.3, 0.4) is 0 Å². The molecule has 0 aliphatic carbocycles. The van der Waals surface area contributed by atoms with E-state index < -0.39 is 0 Å². The van der Waals surface area contributed by atoms with Gasteiger partial charge in [0.05, 0.1) is 7.11 Å². The number of hydrogen-bond donors (Lipinski definition) is 2. The third-order valence-corrected chi connectivity index (χ3v) is 3.62. The second-order valence-electron chi connectivity index (χ2n) is 5.00. The Bertz CT molecular complexity index is 588. The van der Waals surface area contributed by atoms with E-state index in [1.165, 1.54) is 0 Å². The predicted molar refractivity (Wildman–Crippen MR) is 74.4 cm³/mol. The van der Waals surface area contributed by atoms with E-state index in [4.69, 9.17) is 10.5 Å². The van der Waals surface area contributed by atoms with Crippen LogP contribution >= 0.6 is 11.3 Å². The number of aromatic nitrogens is 2. The number of ether oxygens (including phenoxy) is 1. The van der Waals surface area contributed by atoms with Gasteiger partial charge in [-0.25, -0.2) is 0 Å². The van der Waals surface area contributed by atoms with Gasteiger partial charge in [-0.2, -0.15) is 4.98 Å². The molecular formula is C12H18N4O2S. The Balaban J connectivity index is 2.16. The molecule has 2 aromatic rings. The van der Waals surface area contributed by atoms with Gasteiger partial charge in [-0.15, -0.1) is 11.3 Å². The lowest BCUT2D eigenvalue weighted by Crippen LogP contribution is -2.42. The predicted octanol–water partition coefficient (Wildman–Crippen LogP) is 1.15. The van der Waals surface area contributed by atoms with E-state index in [2.05, 4.69) is 10.3 Å². The van der Waals surface area contributed by atoms with Gasteiger partial charge in [0.2, 0.25) is 11.8 Å². The Labute approximate surface area is 115 Å². The standard InChI is InChI=1S/C12H18N4O2S/c1-12(2,6-9(13)17)14-7-8-10(18-3)15-11-16(8)4-5-19-11/h4-5,14H,6-7H2,1-3H3,(H2,13,17). The van der Waals surface area contributed by atoms with Crippen LogP contribution in [-0.4, -0.2) is 27.9 Å². The first-order chi connectivity index (χ1) is 8.93. The molecule has 0 atom stereocenters. The average molecular weight is 282 g/mol. The van der Waals surface area contributed by atoms with Gasteiger partial charge in [-0.3, -0.25) is 9.20 Å². The summed E-state index contributed by atoms with van der Waals surface area (Å²) in [5, 5.41) is 5.28. The molecule has 3 N–H and O–H groups in total. The van der Waals surface area contributed by atoms with Crippen LogP contribution in [0.4, 0.5) is 0 Å². The molecule has 0 aliphatic rings. The maximum absolute atomic E-state index is 11.0. The number of fused-ring (bicyclic) bond motifs is 1. The van der Waals surface area contributed by atoms with E-state index in [-0.39, 0.29) is 17.9 Å². The molecule has 1 amide bonds. The lowest BCUT2D eigenvalue weighted by Gasteiger charge is -2.24. The Hall–Kier alpha value is -1.60. The molecule has 0 bridgehead atoms. The zero-order valence-corrected chi connectivity index (χ0v) is 12.1. The number of rotatable bonds is 6. The van der Waals surface area contributed by atoms with Crippen molar-refractivity contribution in [1.82, 2.24) is 14.7 Å². The zero-order valence-electron chi connectivity index (χ0n) is 11.3. The van der Waals surface area contributed by atoms with Gasteiger partial charge >= 0.3 is 0 Å². The molecule has 0 aromatic carbocycles. The number of thiazole rings is 1. The van der Waals surface area contributed by atoms with E-state index in [0.29, 0.717) is 12.4 Å². The Morgan fingerprint density at radius 2 is 2.37 bits per heavy atom. The van der Waals surface area contributed by atoms with Crippen LogP contribution < -0.4 is 15.8 Å². The molecule has 19 heavy (non-hydrogen) atoms. The summed E-state index contributed by atoms with van der Waals surface area (Å²) in [5.74, 6) is 0.285. The van der Waals surface area contributed by atoms with Crippen LogP contribution in [0.25, 0.3) is 4.96 Å². The van der Waals surface area contributed by atoms with Gasteiger partial charge in [0, 0.05) is 30.1 Å². The summed E-state index contributed by atoms with van der Waals surface area (Å²) in [5.41, 5.74) is 5.82. The average Bonchev–Trinajstić information content (AvgIpc) is 2.84. The quantitative estimate of drug-likeness (QED) is 0.832. The second kappa shape index (κ2) is 5.18. The summed E-state index contributed by atoms with van der Waals surface area (Å²) in [6.07, 6.45) is 2.23. The highest BCUT2D eigenvalue weighted by molar-refractivity contribution is 7.15. The number of hydrogen-bond acceptors (Lipinski definition) is 5. The summed E-state index contributed by atoms with van der Waals surface area (Å²) in [6, 6.07) is 0. The summed E-state index contributed by atoms with van der Waals surface area (Å²) < 4.78 is 7.26. The lowest BCUT2D eigenvalue weighted by atomic mass is 10.0. The molecule has 0 fully saturated rings. The zero-order chi connectivity index (χ0) is 14.0. The number of primary amides is 1. The maximum Gasteiger partial charge on any atom is 0.237 e. The topological polar surface area (TPSA) is 81.7 Å². The molecule has 0 radical (unpaired) electrons. The molecule has 104 valence electrons. The normalized spacial score (nSPS) is 11.9. The summed E-state index contributed by atoms with van der Waals surface area (Å²) in [4.78, 5) is 16.3. The fraction of sp³-hybridized carbons (Fsp3) is 0.500. The fourth-order valence-corrected chi connectivity index (χ4v) is 2.68. The van der Waals surface area contributed by atoms with Gasteiger partial charge in [0.1, 0.15) is 5.69 Å². The summed E-state index contributed by atoms with van der Waals surface area (Å²) in [7, 11) is 1.60. The minimum atomic E-state index is -0.364. The Morgan fingerprint density at radius 1 is 1.63 bits per heavy atom. The van der Waals surface area contributed by atoms with E-state index in [0.717, 1.165) is 10.7 Å². The molecule has 0 unspecified atom stereocenters. The number of carbonyl (C=O) groups is 1. The smallest absolute Gasteiger partial charge is 0.237 e. The van der Waals surface area contributed by atoms with E-state index in [1.807, 2.05) is 29.8 Å². The van der Waals surface area contributed by atoms with E-state index >= 15 is 0 Å². The molecule has 2 heterocycles. The first-order valence-corrected chi connectivity index (χ1v) is 6.82. The second-order valence-corrected chi connectivity index (χ2v) is 5.88. The minimum Gasteiger partial charge on any atom is -0.480 e. The number of methoxy groups -OCH3 is 1. The third-order valence-electron chi connectivity index (χ3n) is 2.87. The molecule has 0 aliphatic heterocycles. The van der Waals surface area contributed by atoms with Crippen LogP contribution in [0.1, 0.15) is 26.0 Å². The molecule has 0 saturated heterocycles. The molecule has 7 heteroatoms. The van der Waals surface area contributed by atoms with Crippen molar-refractivity contribution in [2.75, 3.05) is 7.11 Å². The number of nitrogens with zero attached hydrogens (tertiary/aromatic N) is 2. The van der Waals surface area contributed by atoms with Crippen molar-refractivity contribution in [3.8, 4) is 5.88 Å². The maximum atomic E-state index is 11.0. The van der Waals surface area contributed by atoms with Gasteiger partial charge in [-0.05, 0) is 13.8 Å². The highest BCUT2D eigenvalue weighted by Gasteiger charge is 2.22. The van der Waals surface area contributed by atoms with Crippen molar-refractivity contribution in [3.05, 3.63) is 17.3 Å². The van der Waals surface area contributed by atoms with Crippen LogP contribution in [0, 0.1) is 0 Å². The molecule has 0 spiro atoms. The lowest BCUT2D eigenvalue weighted by molar-refractivity contribution is -0.119. The van der Waals surface area contributed by atoms with Gasteiger partial charge in [-0.1, -0.05) is 0 Å². The van der Waals surface area contributed by atoms with Gasteiger partial charge in [0.25, 0.3) is 0 Å². The molecular weight excluding hydrogens is 264 g/mol. The summed E-state index contributed by atoms with van der Waals surface area (Å²) >= 11 is 1.55. The SMILES string of the molecule is COc1nc2sccn2c1CNC(C)(C)CC(N)=O. The van der Waals surface area contributed by atoms with E-state index in [1.54, 1.807) is 18.4 Å². The largest absolute Gasteiger partial charge is 0.480 e. The first-order valence-electron chi connectivity index (χ1n) is 5.95. The Morgan fingerprint density at radius 3 is 3.00 bits per heavy atom. The number of carbonyl (C=O) groups excluding carboxylic acids is 1. The van der Waals surface area contributed by atoms with Crippen LogP contribution in [0.5, 0.6) is 5.88 Å². The third kappa shape index (κ3) is 3.05. The molecule has 6 nitrogen and oxygen atoms in total. The van der Waals surface area contributed by atoms with Crippen LogP contribution in [0.15, 0.2) is 11.6 Å². The van der Waals surface area contributed by atoms with E-state index in [9.17, 15) is 4.79 Å². The highest BCUT2D eigenvalue weighted by Crippen LogP contribution is 2.23. The van der Waals surface area contributed by atoms with Crippen LogP contribution in [0.2, 0.25) is 0 Å². The van der Waals surface area contributed by atoms with Crippen molar-refractivity contribution < 1.29 is 9.53 Å². The van der Waals surface area contributed by atoms with Crippen molar-refractivity contribution >= 4 is 22.2 Å². The van der Waals surface area contributed by atoms with Crippen molar-refractivity contribution in [2.45, 2.75) is 32.4 Å². The van der Waals surface area contributed by atoms with Crippen molar-refractivity contribution in [3.63, 3.8) is 0 Å². The first kappa shape index (κ1) is 13.8. The van der Waals surface area contributed by atoms with Gasteiger partial charge < -0.3 is 15.8 Å². The number of nitrogens with two attached hydrogens (primary N) is 1. The van der Waals surface area contributed by atoms with Crippen molar-refractivity contribution in [1.29, 1.82) is 0 Å². The molecule has 0 saturated carbocycles. The Kier molecular flexibility index (Phi) is 3.77. The monoisotopic (exact) mass is 282 g/mol. The molecule has 2 rings (SSSR count). The molecule has 2 aromatic heterocycles.